The third kappa shape index (κ3) is 6.71. The highest BCUT2D eigenvalue weighted by Crippen LogP contribution is 2.41. The van der Waals surface area contributed by atoms with Gasteiger partial charge in [-0.3, -0.25) is 5.43 Å². The summed E-state index contributed by atoms with van der Waals surface area (Å²) < 4.78 is 106. The zero-order chi connectivity index (χ0) is 32.3. The number of carbonyl (C=O) groups is 1. The fourth-order valence-corrected chi connectivity index (χ4v) is 5.19. The Morgan fingerprint density at radius 3 is 2.36 bits per heavy atom. The first-order valence-corrected chi connectivity index (χ1v) is 13.0. The number of nitrogens with one attached hydrogen (secondary N) is 2. The van der Waals surface area contributed by atoms with Crippen LogP contribution in [0.1, 0.15) is 28.7 Å². The van der Waals surface area contributed by atoms with E-state index in [-0.39, 0.29) is 29.6 Å². The lowest BCUT2D eigenvalue weighted by atomic mass is 9.77. The Morgan fingerprint density at radius 2 is 1.75 bits per heavy atom. The Labute approximate surface area is 247 Å². The molecule has 0 saturated carbocycles. The molecule has 15 heteroatoms. The van der Waals surface area contributed by atoms with E-state index >= 15 is 0 Å². The number of nitrogens with two attached hydrogens (primary N) is 1. The second-order valence-corrected chi connectivity index (χ2v) is 10.1. The van der Waals surface area contributed by atoms with Crippen LogP contribution in [0.15, 0.2) is 76.9 Å². The number of halogens is 7. The van der Waals surface area contributed by atoms with Gasteiger partial charge in [0.15, 0.2) is 17.4 Å². The minimum absolute atomic E-state index is 0.0345. The lowest BCUT2D eigenvalue weighted by molar-refractivity contribution is -0.137. The van der Waals surface area contributed by atoms with Gasteiger partial charge in [0.05, 0.1) is 24.8 Å². The summed E-state index contributed by atoms with van der Waals surface area (Å²) in [5.41, 5.74) is -1.21. The summed E-state index contributed by atoms with van der Waals surface area (Å²) in [6, 6.07) is 10.4. The number of ether oxygens (including phenoxy) is 1. The third-order valence-electron chi connectivity index (χ3n) is 7.17. The smallest absolute Gasteiger partial charge is 0.416 e. The molecule has 1 aliphatic rings. The van der Waals surface area contributed by atoms with Crippen molar-refractivity contribution in [3.8, 4) is 5.75 Å². The van der Waals surface area contributed by atoms with E-state index in [0.29, 0.717) is 16.5 Å². The number of amidine groups is 1. The summed E-state index contributed by atoms with van der Waals surface area (Å²) in [5, 5.41) is 9.37. The van der Waals surface area contributed by atoms with Crippen molar-refractivity contribution in [1.82, 2.24) is 15.6 Å². The Kier molecular flexibility index (Phi) is 9.06. The molecule has 2 atom stereocenters. The number of hydrogen-bond donors (Lipinski definition) is 3. The fraction of sp³-hybridized carbons (Fsp3) is 0.276. The first-order chi connectivity index (χ1) is 20.7. The molecule has 3 aromatic carbocycles. The molecule has 0 unspecified atom stereocenters. The Bertz CT molecular complexity index is 1550. The normalized spacial score (nSPS) is 18.0. The Morgan fingerprint density at radius 1 is 1.07 bits per heavy atom. The van der Waals surface area contributed by atoms with Crippen molar-refractivity contribution in [2.75, 3.05) is 13.7 Å². The molecule has 234 valence electrons. The molecule has 44 heavy (non-hydrogen) atoms. The number of rotatable bonds is 8. The molecule has 4 N–H and O–H groups in total. The van der Waals surface area contributed by atoms with E-state index in [2.05, 4.69) is 27.7 Å². The molecular formula is C29H27F7N6O2. The molecule has 2 amide bonds. The minimum Gasteiger partial charge on any atom is -0.494 e. The van der Waals surface area contributed by atoms with E-state index in [1.165, 1.54) is 6.07 Å². The molecule has 4 rings (SSSR count). The van der Waals surface area contributed by atoms with Crippen molar-refractivity contribution >= 4 is 18.6 Å². The minimum atomic E-state index is -5.00. The van der Waals surface area contributed by atoms with E-state index in [9.17, 15) is 35.5 Å². The van der Waals surface area contributed by atoms with Crippen LogP contribution in [-0.2, 0) is 18.1 Å². The van der Waals surface area contributed by atoms with Crippen molar-refractivity contribution < 1.29 is 40.3 Å². The molecular weight excluding hydrogens is 597 g/mol. The quantitative estimate of drug-likeness (QED) is 0.103. The van der Waals surface area contributed by atoms with Gasteiger partial charge in [-0.2, -0.15) is 23.4 Å². The first kappa shape index (κ1) is 32.1. The summed E-state index contributed by atoms with van der Waals surface area (Å²) in [5.74, 6) is -0.876. The first-order valence-electron chi connectivity index (χ1n) is 13.0. The molecule has 8 nitrogen and oxygen atoms in total. The molecule has 1 heterocycles. The van der Waals surface area contributed by atoms with Gasteiger partial charge in [0, 0.05) is 19.6 Å². The van der Waals surface area contributed by atoms with Gasteiger partial charge >= 0.3 is 12.2 Å². The van der Waals surface area contributed by atoms with Crippen LogP contribution in [0.3, 0.4) is 0 Å². The Hall–Kier alpha value is -4.82. The van der Waals surface area contributed by atoms with Crippen LogP contribution in [0.2, 0.25) is 0 Å². The standard InChI is InChI=1S/C29H27F7N6O2/c1-38-41-25(40-37)23-15-27(32,33)16-42(23)26(43)39-28(14-17-6-4-3-5-7-17,18-8-9-22(31)24(13-18)44-2)19-10-20(29(34,35)36)12-21(30)11-19/h3-13,23H,1,14-16,37H2,2H3,(H,39,43)(H,40,41)/t23-,28+/m0/s1. The predicted molar refractivity (Wildman–Crippen MR) is 148 cm³/mol. The summed E-state index contributed by atoms with van der Waals surface area (Å²) in [6.07, 6.45) is -6.25. The molecule has 3 aromatic rings. The van der Waals surface area contributed by atoms with Gasteiger partial charge in [0.25, 0.3) is 5.92 Å². The van der Waals surface area contributed by atoms with Crippen LogP contribution in [-0.4, -0.2) is 49.1 Å². The summed E-state index contributed by atoms with van der Waals surface area (Å²) in [6.45, 7) is 2.06. The number of hydrogen-bond acceptors (Lipinski definition) is 5. The van der Waals surface area contributed by atoms with Crippen LogP contribution in [0.25, 0.3) is 0 Å². The topological polar surface area (TPSA) is 104 Å². The summed E-state index contributed by atoms with van der Waals surface area (Å²) >= 11 is 0. The van der Waals surface area contributed by atoms with Gasteiger partial charge < -0.3 is 20.8 Å². The highest BCUT2D eigenvalue weighted by molar-refractivity contribution is 5.92. The van der Waals surface area contributed by atoms with Gasteiger partial charge in [-0.05, 0) is 47.0 Å². The number of likely N-dealkylation sites (tertiary alicyclic amines) is 1. The van der Waals surface area contributed by atoms with Crippen LogP contribution < -0.4 is 21.3 Å². The number of hydrazone groups is 2. The number of carbonyl (C=O) groups excluding carboxylic acids is 1. The number of urea groups is 1. The second kappa shape index (κ2) is 12.4. The van der Waals surface area contributed by atoms with E-state index in [0.717, 1.165) is 25.3 Å². The highest BCUT2D eigenvalue weighted by Gasteiger charge is 2.51. The molecule has 0 aromatic heterocycles. The van der Waals surface area contributed by atoms with Crippen molar-refractivity contribution in [2.45, 2.75) is 36.5 Å². The van der Waals surface area contributed by atoms with Gasteiger partial charge in [0.2, 0.25) is 0 Å². The molecule has 1 aliphatic heterocycles. The van der Waals surface area contributed by atoms with Crippen LogP contribution in [0.5, 0.6) is 5.75 Å². The number of nitrogens with zero attached hydrogens (tertiary/aromatic N) is 3. The third-order valence-corrected chi connectivity index (χ3v) is 7.17. The lowest BCUT2D eigenvalue weighted by Gasteiger charge is -2.39. The van der Waals surface area contributed by atoms with Crippen LogP contribution in [0, 0.1) is 11.6 Å². The zero-order valence-corrected chi connectivity index (χ0v) is 23.1. The van der Waals surface area contributed by atoms with E-state index in [1.807, 2.05) is 0 Å². The number of benzene rings is 3. The van der Waals surface area contributed by atoms with Gasteiger partial charge in [-0.25, -0.2) is 22.4 Å². The van der Waals surface area contributed by atoms with Gasteiger partial charge in [-0.1, -0.05) is 36.4 Å². The molecule has 1 saturated heterocycles. The van der Waals surface area contributed by atoms with Crippen molar-refractivity contribution in [3.05, 3.63) is 101 Å². The second-order valence-electron chi connectivity index (χ2n) is 10.1. The summed E-state index contributed by atoms with van der Waals surface area (Å²) in [7, 11) is 1.15. The average molecular weight is 625 g/mol. The molecule has 1 fully saturated rings. The summed E-state index contributed by atoms with van der Waals surface area (Å²) in [4.78, 5) is 14.7. The Balaban J connectivity index is 1.99. The molecule has 0 spiro atoms. The maximum Gasteiger partial charge on any atom is 0.416 e. The van der Waals surface area contributed by atoms with Gasteiger partial charge in [0.1, 0.15) is 11.9 Å². The average Bonchev–Trinajstić information content (AvgIpc) is 3.30. The van der Waals surface area contributed by atoms with Crippen molar-refractivity contribution in [1.29, 1.82) is 0 Å². The SMILES string of the molecule is C=NN/C(=N\N)[C@@H]1CC(F)(F)CN1C(=O)N[C@@](Cc1ccccc1)(c1cc(F)cc(C(F)(F)F)c1)c1ccc(F)c(OC)c1. The number of methoxy groups -OCH3 is 1. The van der Waals surface area contributed by atoms with Crippen molar-refractivity contribution in [2.24, 2.45) is 16.0 Å². The predicted octanol–water partition coefficient (Wildman–Crippen LogP) is 5.38. The van der Waals surface area contributed by atoms with E-state index < -0.39 is 65.4 Å². The maximum absolute atomic E-state index is 14.9. The van der Waals surface area contributed by atoms with Crippen LogP contribution >= 0.6 is 0 Å². The monoisotopic (exact) mass is 624 g/mol. The van der Waals surface area contributed by atoms with E-state index in [1.54, 1.807) is 30.3 Å². The highest BCUT2D eigenvalue weighted by atomic mass is 19.4. The van der Waals surface area contributed by atoms with Crippen molar-refractivity contribution in [3.63, 3.8) is 0 Å². The molecule has 0 aliphatic carbocycles. The largest absolute Gasteiger partial charge is 0.494 e. The molecule has 0 bridgehead atoms. The van der Waals surface area contributed by atoms with Crippen LogP contribution in [0.4, 0.5) is 35.5 Å². The fourth-order valence-electron chi connectivity index (χ4n) is 5.19. The molecule has 0 radical (unpaired) electrons. The zero-order valence-electron chi connectivity index (χ0n) is 23.1. The number of amides is 2. The maximum atomic E-state index is 14.9. The lowest BCUT2D eigenvalue weighted by Crippen LogP contribution is -2.56. The number of alkyl halides is 5. The van der Waals surface area contributed by atoms with Gasteiger partial charge in [-0.15, -0.1) is 0 Å². The van der Waals surface area contributed by atoms with E-state index in [4.69, 9.17) is 10.6 Å².